The molecule has 1 aromatic heterocycles. The van der Waals surface area contributed by atoms with Crippen molar-refractivity contribution >= 4 is 33.2 Å². The van der Waals surface area contributed by atoms with E-state index in [-0.39, 0.29) is 11.0 Å². The van der Waals surface area contributed by atoms with Gasteiger partial charge in [-0.2, -0.15) is 13.2 Å². The molecule has 0 bridgehead atoms. The molecule has 0 atom stereocenters. The molecule has 11 heteroatoms. The van der Waals surface area contributed by atoms with Gasteiger partial charge in [-0.05, 0) is 42.3 Å². The van der Waals surface area contributed by atoms with Gasteiger partial charge in [-0.15, -0.1) is 10.2 Å². The largest absolute Gasteiger partial charge is 0.416 e. The molecule has 0 aliphatic rings. The summed E-state index contributed by atoms with van der Waals surface area (Å²) in [5.41, 5.74) is 0.264. The van der Waals surface area contributed by atoms with Crippen LogP contribution in [0.4, 0.5) is 19.0 Å². The maximum absolute atomic E-state index is 13.3. The molecule has 1 heterocycles. The average molecular weight is 484 g/mol. The second-order valence-corrected chi connectivity index (χ2v) is 9.50. The van der Waals surface area contributed by atoms with Gasteiger partial charge in [-0.25, -0.2) is 8.42 Å². The Morgan fingerprint density at radius 2 is 1.69 bits per heavy atom. The number of anilines is 1. The second-order valence-electron chi connectivity index (χ2n) is 7.10. The standard InChI is InChI=1S/C21H17ClF3N3O3S/c1-12-6-4-5-7-16(12)17-11-18(22)26-27-19(17)28(2)20(29)13-8-14(21(23,24)25)10-15(9-13)32(3,30)31/h4-11H,1-3H3. The maximum atomic E-state index is 13.3. The van der Waals surface area contributed by atoms with Crippen LogP contribution in [-0.2, 0) is 16.0 Å². The number of hydrogen-bond donors (Lipinski definition) is 0. The minimum absolute atomic E-state index is 0.0482. The molecule has 0 fully saturated rings. The summed E-state index contributed by atoms with van der Waals surface area (Å²) in [6.07, 6.45) is -4.08. The smallest absolute Gasteiger partial charge is 0.294 e. The highest BCUT2D eigenvalue weighted by Crippen LogP contribution is 2.34. The van der Waals surface area contributed by atoms with E-state index in [0.29, 0.717) is 23.3 Å². The van der Waals surface area contributed by atoms with Crippen LogP contribution in [0.2, 0.25) is 5.15 Å². The lowest BCUT2D eigenvalue weighted by Crippen LogP contribution is -2.28. The minimum Gasteiger partial charge on any atom is -0.294 e. The lowest BCUT2D eigenvalue weighted by atomic mass is 10.0. The molecule has 6 nitrogen and oxygen atoms in total. The summed E-state index contributed by atoms with van der Waals surface area (Å²) >= 11 is 5.99. The lowest BCUT2D eigenvalue weighted by Gasteiger charge is -2.21. The van der Waals surface area contributed by atoms with E-state index in [9.17, 15) is 26.4 Å². The van der Waals surface area contributed by atoms with Crippen LogP contribution in [0, 0.1) is 6.92 Å². The van der Waals surface area contributed by atoms with Gasteiger partial charge >= 0.3 is 6.18 Å². The van der Waals surface area contributed by atoms with Crippen molar-refractivity contribution in [3.05, 3.63) is 70.4 Å². The number of benzene rings is 2. The number of aryl methyl sites for hydroxylation is 1. The molecular weight excluding hydrogens is 467 g/mol. The van der Waals surface area contributed by atoms with Gasteiger partial charge in [0.05, 0.1) is 10.5 Å². The summed E-state index contributed by atoms with van der Waals surface area (Å²) in [5, 5.41) is 7.78. The van der Waals surface area contributed by atoms with E-state index in [1.54, 1.807) is 12.1 Å². The van der Waals surface area contributed by atoms with Crippen LogP contribution in [0.1, 0.15) is 21.5 Å². The molecule has 0 N–H and O–H groups in total. The Balaban J connectivity index is 2.16. The van der Waals surface area contributed by atoms with Gasteiger partial charge in [0.15, 0.2) is 20.8 Å². The predicted molar refractivity (Wildman–Crippen MR) is 115 cm³/mol. The summed E-state index contributed by atoms with van der Waals surface area (Å²) in [4.78, 5) is 13.5. The molecule has 1 amide bonds. The van der Waals surface area contributed by atoms with Gasteiger partial charge in [0.25, 0.3) is 5.91 Å². The van der Waals surface area contributed by atoms with Crippen LogP contribution in [0.25, 0.3) is 11.1 Å². The van der Waals surface area contributed by atoms with Gasteiger partial charge in [-0.3, -0.25) is 9.69 Å². The van der Waals surface area contributed by atoms with E-state index in [2.05, 4.69) is 10.2 Å². The third-order valence-electron chi connectivity index (χ3n) is 4.71. The number of sulfone groups is 1. The Bertz CT molecular complexity index is 1310. The van der Waals surface area contributed by atoms with Gasteiger partial charge in [0.2, 0.25) is 0 Å². The van der Waals surface area contributed by atoms with Crippen molar-refractivity contribution in [3.63, 3.8) is 0 Å². The predicted octanol–water partition coefficient (Wildman–Crippen LogP) is 4.80. The Morgan fingerprint density at radius 3 is 2.28 bits per heavy atom. The number of carbonyl (C=O) groups excluding carboxylic acids is 1. The quantitative estimate of drug-likeness (QED) is 0.532. The highest BCUT2D eigenvalue weighted by molar-refractivity contribution is 7.90. The molecule has 0 radical (unpaired) electrons. The highest BCUT2D eigenvalue weighted by atomic mass is 35.5. The molecule has 0 saturated heterocycles. The van der Waals surface area contributed by atoms with E-state index < -0.39 is 37.9 Å². The molecule has 0 aliphatic heterocycles. The van der Waals surface area contributed by atoms with E-state index in [1.807, 2.05) is 19.1 Å². The van der Waals surface area contributed by atoms with Crippen LogP contribution in [0.3, 0.4) is 0 Å². The van der Waals surface area contributed by atoms with E-state index in [0.717, 1.165) is 22.8 Å². The van der Waals surface area contributed by atoms with Crippen molar-refractivity contribution in [1.82, 2.24) is 10.2 Å². The van der Waals surface area contributed by atoms with Crippen LogP contribution in [0.15, 0.2) is 53.4 Å². The Labute approximate surface area is 187 Å². The molecule has 3 rings (SSSR count). The van der Waals surface area contributed by atoms with E-state index in [4.69, 9.17) is 11.6 Å². The van der Waals surface area contributed by atoms with Crippen LogP contribution in [0.5, 0.6) is 0 Å². The molecular formula is C21H17ClF3N3O3S. The zero-order chi connectivity index (χ0) is 23.8. The van der Waals surface area contributed by atoms with Crippen LogP contribution >= 0.6 is 11.6 Å². The van der Waals surface area contributed by atoms with Crippen LogP contribution in [-0.4, -0.2) is 37.8 Å². The maximum Gasteiger partial charge on any atom is 0.416 e. The SMILES string of the molecule is Cc1ccccc1-c1cc(Cl)nnc1N(C)C(=O)c1cc(C(F)(F)F)cc(S(C)(=O)=O)c1. The van der Waals surface area contributed by atoms with Crippen molar-refractivity contribution in [1.29, 1.82) is 0 Å². The third-order valence-corrected chi connectivity index (χ3v) is 5.99. The number of amides is 1. The molecule has 168 valence electrons. The van der Waals surface area contributed by atoms with Gasteiger partial charge in [0.1, 0.15) is 0 Å². The Morgan fingerprint density at radius 1 is 1.03 bits per heavy atom. The first-order valence-electron chi connectivity index (χ1n) is 9.08. The summed E-state index contributed by atoms with van der Waals surface area (Å²) in [5.74, 6) is -0.848. The normalized spacial score (nSPS) is 12.0. The van der Waals surface area contributed by atoms with Crippen LogP contribution < -0.4 is 4.90 Å². The first-order chi connectivity index (χ1) is 14.8. The second kappa shape index (κ2) is 8.51. The zero-order valence-electron chi connectivity index (χ0n) is 17.1. The molecule has 0 spiro atoms. The van der Waals surface area contributed by atoms with Crippen molar-refractivity contribution < 1.29 is 26.4 Å². The number of alkyl halides is 3. The fourth-order valence-corrected chi connectivity index (χ4v) is 3.90. The fraction of sp³-hybridized carbons (Fsp3) is 0.190. The van der Waals surface area contributed by atoms with Crippen molar-refractivity contribution in [3.8, 4) is 11.1 Å². The molecule has 0 saturated carbocycles. The first kappa shape index (κ1) is 23.7. The number of carbonyl (C=O) groups is 1. The average Bonchev–Trinajstić information content (AvgIpc) is 2.71. The molecule has 0 unspecified atom stereocenters. The number of hydrogen-bond acceptors (Lipinski definition) is 5. The minimum atomic E-state index is -4.85. The number of aromatic nitrogens is 2. The molecule has 0 aliphatic carbocycles. The Kier molecular flexibility index (Phi) is 6.30. The Hall–Kier alpha value is -2.98. The molecule has 2 aromatic carbocycles. The summed E-state index contributed by atoms with van der Waals surface area (Å²) in [7, 11) is -2.70. The lowest BCUT2D eigenvalue weighted by molar-refractivity contribution is -0.137. The number of nitrogens with zero attached hydrogens (tertiary/aromatic N) is 3. The summed E-state index contributed by atoms with van der Waals surface area (Å²) < 4.78 is 63.8. The third kappa shape index (κ3) is 4.91. The van der Waals surface area contributed by atoms with Crippen molar-refractivity contribution in [2.45, 2.75) is 18.0 Å². The highest BCUT2D eigenvalue weighted by Gasteiger charge is 2.33. The summed E-state index contributed by atoms with van der Waals surface area (Å²) in [6, 6.07) is 10.7. The first-order valence-corrected chi connectivity index (χ1v) is 11.4. The number of rotatable bonds is 4. The van der Waals surface area contributed by atoms with Crippen molar-refractivity contribution in [2.24, 2.45) is 0 Å². The fourth-order valence-electron chi connectivity index (χ4n) is 3.07. The number of halogens is 4. The monoisotopic (exact) mass is 483 g/mol. The van der Waals surface area contributed by atoms with Gasteiger partial charge in [-0.1, -0.05) is 35.9 Å². The molecule has 3 aromatic rings. The van der Waals surface area contributed by atoms with E-state index >= 15 is 0 Å². The topological polar surface area (TPSA) is 80.2 Å². The van der Waals surface area contributed by atoms with Gasteiger partial charge in [0, 0.05) is 24.4 Å². The van der Waals surface area contributed by atoms with Gasteiger partial charge < -0.3 is 0 Å². The van der Waals surface area contributed by atoms with E-state index in [1.165, 1.54) is 13.1 Å². The van der Waals surface area contributed by atoms with Crippen molar-refractivity contribution in [2.75, 3.05) is 18.2 Å². The zero-order valence-corrected chi connectivity index (χ0v) is 18.7. The summed E-state index contributed by atoms with van der Waals surface area (Å²) in [6.45, 7) is 1.83. The molecule has 32 heavy (non-hydrogen) atoms.